The molecule has 0 saturated carbocycles. The molecule has 0 atom stereocenters. The summed E-state index contributed by atoms with van der Waals surface area (Å²) in [5, 5.41) is 3.09. The van der Waals surface area contributed by atoms with Crippen molar-refractivity contribution in [3.63, 3.8) is 0 Å². The molecule has 0 aromatic heterocycles. The third-order valence-corrected chi connectivity index (χ3v) is 12.0. The standard InChI is InChI=1S/C58H46N4O2/c1-2-3-40-60-56(46-30-26-42(27-31-46)44-34-38-52(39-35-44)62(49-20-12-6-13-21-49)50-22-14-7-15-23-50)54-53(58(60)64)55(59-57(54)63)45-28-24-41(25-29-45)43-32-36-51(37-33-43)61(47-16-8-4-9-17-47)48-18-10-5-11-19-48/h4-39H,2-3,40H2,1H3,(H,59,63). The molecule has 6 nitrogen and oxygen atoms in total. The van der Waals surface area contributed by atoms with Gasteiger partial charge in [-0.05, 0) is 113 Å². The molecule has 1 N–H and O–H groups in total. The summed E-state index contributed by atoms with van der Waals surface area (Å²) < 4.78 is 0. The summed E-state index contributed by atoms with van der Waals surface area (Å²) >= 11 is 0. The van der Waals surface area contributed by atoms with Crippen molar-refractivity contribution in [3.8, 4) is 22.3 Å². The molecule has 10 rings (SSSR count). The third kappa shape index (κ3) is 7.67. The molecule has 2 aliphatic heterocycles. The normalized spacial score (nSPS) is 13.3. The van der Waals surface area contributed by atoms with Crippen LogP contribution in [0.2, 0.25) is 0 Å². The second-order valence-electron chi connectivity index (χ2n) is 16.0. The molecule has 0 radical (unpaired) electrons. The van der Waals surface area contributed by atoms with E-state index in [-0.39, 0.29) is 11.8 Å². The largest absolute Gasteiger partial charge is 0.321 e. The number of nitrogens with zero attached hydrogens (tertiary/aromatic N) is 3. The number of carbonyl (C=O) groups is 2. The quantitative estimate of drug-likeness (QED) is 0.126. The van der Waals surface area contributed by atoms with E-state index in [1.807, 2.05) is 53.4 Å². The Kier molecular flexibility index (Phi) is 11.0. The molecule has 8 aromatic rings. The Morgan fingerprint density at radius 1 is 0.391 bits per heavy atom. The number of amides is 2. The number of anilines is 6. The molecule has 8 aromatic carbocycles. The van der Waals surface area contributed by atoms with Gasteiger partial charge in [0, 0.05) is 40.7 Å². The van der Waals surface area contributed by atoms with Crippen LogP contribution in [0.3, 0.4) is 0 Å². The highest BCUT2D eigenvalue weighted by Crippen LogP contribution is 2.44. The van der Waals surface area contributed by atoms with Crippen LogP contribution in [0.25, 0.3) is 33.6 Å². The maximum absolute atomic E-state index is 14.4. The number of nitrogens with one attached hydrogen (secondary N) is 1. The minimum absolute atomic E-state index is 0.145. The zero-order chi connectivity index (χ0) is 43.4. The van der Waals surface area contributed by atoms with Gasteiger partial charge in [-0.1, -0.05) is 159 Å². The fraction of sp³-hybridized carbons (Fsp3) is 0.0690. The summed E-state index contributed by atoms with van der Waals surface area (Å²) in [5.41, 5.74) is 14.4. The van der Waals surface area contributed by atoms with Crippen LogP contribution in [0.15, 0.2) is 230 Å². The molecule has 0 aliphatic carbocycles. The number of hydrogen-bond donors (Lipinski definition) is 1. The first-order valence-electron chi connectivity index (χ1n) is 21.9. The Bertz CT molecular complexity index is 2900. The second kappa shape index (κ2) is 17.6. The van der Waals surface area contributed by atoms with E-state index in [0.717, 1.165) is 80.3 Å². The molecule has 0 unspecified atom stereocenters. The van der Waals surface area contributed by atoms with Crippen molar-refractivity contribution in [2.45, 2.75) is 19.8 Å². The molecular formula is C58H46N4O2. The molecule has 0 spiro atoms. The van der Waals surface area contributed by atoms with Gasteiger partial charge in [0.25, 0.3) is 11.8 Å². The number of unbranched alkanes of at least 4 members (excludes halogenated alkanes) is 1. The van der Waals surface area contributed by atoms with Crippen molar-refractivity contribution in [2.75, 3.05) is 16.3 Å². The first kappa shape index (κ1) is 39.9. The number of fused-ring (bicyclic) bond motifs is 1. The van der Waals surface area contributed by atoms with Crippen LogP contribution in [0.5, 0.6) is 0 Å². The minimum Gasteiger partial charge on any atom is -0.321 e. The zero-order valence-corrected chi connectivity index (χ0v) is 35.6. The fourth-order valence-electron chi connectivity index (χ4n) is 8.79. The van der Waals surface area contributed by atoms with E-state index >= 15 is 0 Å². The highest BCUT2D eigenvalue weighted by molar-refractivity contribution is 6.30. The summed E-state index contributed by atoms with van der Waals surface area (Å²) in [7, 11) is 0. The summed E-state index contributed by atoms with van der Waals surface area (Å²) in [5.74, 6) is -0.400. The van der Waals surface area contributed by atoms with Crippen LogP contribution in [-0.2, 0) is 9.59 Å². The van der Waals surface area contributed by atoms with E-state index in [1.165, 1.54) is 0 Å². The van der Waals surface area contributed by atoms with Gasteiger partial charge in [-0.25, -0.2) is 0 Å². The topological polar surface area (TPSA) is 55.9 Å². The van der Waals surface area contributed by atoms with Gasteiger partial charge in [0.1, 0.15) is 0 Å². The van der Waals surface area contributed by atoms with Gasteiger partial charge in [-0.3, -0.25) is 9.59 Å². The number of hydrogen-bond acceptors (Lipinski definition) is 4. The molecule has 2 heterocycles. The molecular weight excluding hydrogens is 785 g/mol. The van der Waals surface area contributed by atoms with Crippen molar-refractivity contribution in [1.29, 1.82) is 0 Å². The second-order valence-corrected chi connectivity index (χ2v) is 16.0. The molecule has 310 valence electrons. The van der Waals surface area contributed by atoms with Crippen molar-refractivity contribution < 1.29 is 9.59 Å². The first-order chi connectivity index (χ1) is 31.6. The van der Waals surface area contributed by atoms with Crippen molar-refractivity contribution in [2.24, 2.45) is 0 Å². The Morgan fingerprint density at radius 3 is 1.09 bits per heavy atom. The van der Waals surface area contributed by atoms with Crippen LogP contribution >= 0.6 is 0 Å². The molecule has 2 amide bonds. The predicted octanol–water partition coefficient (Wildman–Crippen LogP) is 13.9. The van der Waals surface area contributed by atoms with E-state index in [4.69, 9.17) is 0 Å². The van der Waals surface area contributed by atoms with Gasteiger partial charge < -0.3 is 20.0 Å². The SMILES string of the molecule is CCCCN1C(=O)C2=C(c3ccc(-c4ccc(N(c5ccccc5)c5ccccc5)cc4)cc3)NC(=O)C2=C1c1ccc(-c2ccc(N(c3ccccc3)c3ccccc3)cc2)cc1. The Morgan fingerprint density at radius 2 is 0.719 bits per heavy atom. The fourth-order valence-corrected chi connectivity index (χ4v) is 8.79. The lowest BCUT2D eigenvalue weighted by Crippen LogP contribution is -2.28. The number of benzene rings is 8. The van der Waals surface area contributed by atoms with Crippen LogP contribution in [0.4, 0.5) is 34.1 Å². The van der Waals surface area contributed by atoms with E-state index < -0.39 is 0 Å². The lowest BCUT2D eigenvalue weighted by Gasteiger charge is -2.25. The average molecular weight is 831 g/mol. The Balaban J connectivity index is 0.927. The number of carbonyl (C=O) groups excluding carboxylic acids is 2. The molecule has 64 heavy (non-hydrogen) atoms. The van der Waals surface area contributed by atoms with Crippen LogP contribution in [0, 0.1) is 0 Å². The van der Waals surface area contributed by atoms with Crippen molar-refractivity contribution >= 4 is 57.3 Å². The average Bonchev–Trinajstić information content (AvgIpc) is 3.86. The molecule has 2 aliphatic rings. The monoisotopic (exact) mass is 830 g/mol. The van der Waals surface area contributed by atoms with Crippen molar-refractivity contribution in [1.82, 2.24) is 10.2 Å². The Labute approximate surface area is 374 Å². The van der Waals surface area contributed by atoms with E-state index in [1.54, 1.807) is 0 Å². The smallest absolute Gasteiger partial charge is 0.261 e. The van der Waals surface area contributed by atoms with Crippen LogP contribution in [-0.4, -0.2) is 23.3 Å². The molecule has 0 fully saturated rings. The van der Waals surface area contributed by atoms with Gasteiger partial charge in [0.15, 0.2) is 0 Å². The maximum Gasteiger partial charge on any atom is 0.261 e. The zero-order valence-electron chi connectivity index (χ0n) is 35.6. The Hall–Kier alpha value is -8.22. The minimum atomic E-state index is -0.255. The van der Waals surface area contributed by atoms with Gasteiger partial charge in [-0.2, -0.15) is 0 Å². The number of rotatable bonds is 13. The summed E-state index contributed by atoms with van der Waals surface area (Å²) in [6, 6.07) is 74.9. The lowest BCUT2D eigenvalue weighted by atomic mass is 9.98. The highest BCUT2D eigenvalue weighted by Gasteiger charge is 2.45. The molecule has 6 heteroatoms. The summed E-state index contributed by atoms with van der Waals surface area (Å²) in [4.78, 5) is 34.6. The summed E-state index contributed by atoms with van der Waals surface area (Å²) in [6.07, 6.45) is 1.74. The third-order valence-electron chi connectivity index (χ3n) is 12.0. The highest BCUT2D eigenvalue weighted by atomic mass is 16.2. The van der Waals surface area contributed by atoms with Crippen LogP contribution in [0.1, 0.15) is 30.9 Å². The predicted molar refractivity (Wildman–Crippen MR) is 262 cm³/mol. The van der Waals surface area contributed by atoms with E-state index in [0.29, 0.717) is 29.1 Å². The van der Waals surface area contributed by atoms with Gasteiger partial charge in [0.05, 0.1) is 22.5 Å². The van der Waals surface area contributed by atoms with Gasteiger partial charge in [-0.15, -0.1) is 0 Å². The van der Waals surface area contributed by atoms with Gasteiger partial charge >= 0.3 is 0 Å². The molecule has 0 saturated heterocycles. The van der Waals surface area contributed by atoms with Crippen LogP contribution < -0.4 is 15.1 Å². The first-order valence-corrected chi connectivity index (χ1v) is 21.9. The van der Waals surface area contributed by atoms with Crippen molar-refractivity contribution in [3.05, 3.63) is 241 Å². The number of para-hydroxylation sites is 4. The maximum atomic E-state index is 14.4. The van der Waals surface area contributed by atoms with E-state index in [2.05, 4.69) is 192 Å². The summed E-state index contributed by atoms with van der Waals surface area (Å²) in [6.45, 7) is 2.64. The lowest BCUT2D eigenvalue weighted by molar-refractivity contribution is -0.123. The van der Waals surface area contributed by atoms with Gasteiger partial charge in [0.2, 0.25) is 0 Å². The van der Waals surface area contributed by atoms with E-state index in [9.17, 15) is 9.59 Å². The molecule has 0 bridgehead atoms.